The molecule has 35 heavy (non-hydrogen) atoms. The standard InChI is InChI=1S/C28H35ClN4O2/c29-24-9-2-1-8-23(24)25(31-26(34)22-6-3-7-22)10-15-32-16-11-28(12-17-32)13-18-33(27(28)35)20-21-5-4-14-30-19-21/h1-2,4-5,8-9,14,19,22,25H,3,6-7,10-13,15-18,20H2,(H,31,34). The van der Waals surface area contributed by atoms with Gasteiger partial charge < -0.3 is 15.1 Å². The van der Waals surface area contributed by atoms with E-state index in [4.69, 9.17) is 11.6 Å². The van der Waals surface area contributed by atoms with Crippen molar-refractivity contribution in [1.29, 1.82) is 0 Å². The van der Waals surface area contributed by atoms with Gasteiger partial charge in [0.05, 0.1) is 11.5 Å². The predicted octanol–water partition coefficient (Wildman–Crippen LogP) is 4.60. The van der Waals surface area contributed by atoms with Crippen LogP contribution in [-0.4, -0.2) is 52.8 Å². The van der Waals surface area contributed by atoms with Crippen LogP contribution in [0.2, 0.25) is 5.02 Å². The normalized spacial score (nSPS) is 21.2. The number of carbonyl (C=O) groups is 2. The summed E-state index contributed by atoms with van der Waals surface area (Å²) < 4.78 is 0. The van der Waals surface area contributed by atoms with Crippen molar-refractivity contribution in [2.45, 2.75) is 57.5 Å². The van der Waals surface area contributed by atoms with E-state index in [1.54, 1.807) is 6.20 Å². The van der Waals surface area contributed by atoms with E-state index in [1.165, 1.54) is 0 Å². The summed E-state index contributed by atoms with van der Waals surface area (Å²) in [6.45, 7) is 4.19. The Labute approximate surface area is 213 Å². The molecule has 2 saturated heterocycles. The first kappa shape index (κ1) is 24.3. The van der Waals surface area contributed by atoms with E-state index in [0.717, 1.165) is 82.3 Å². The Morgan fingerprint density at radius 2 is 1.89 bits per heavy atom. The summed E-state index contributed by atoms with van der Waals surface area (Å²) in [6.07, 6.45) is 10.3. The molecule has 6 nitrogen and oxygen atoms in total. The van der Waals surface area contributed by atoms with Gasteiger partial charge in [-0.3, -0.25) is 14.6 Å². The van der Waals surface area contributed by atoms with Gasteiger partial charge in [0.1, 0.15) is 0 Å². The van der Waals surface area contributed by atoms with Crippen LogP contribution in [0.4, 0.5) is 0 Å². The summed E-state index contributed by atoms with van der Waals surface area (Å²) in [5.41, 5.74) is 1.87. The monoisotopic (exact) mass is 494 g/mol. The molecule has 3 aliphatic rings. The molecule has 1 aromatic carbocycles. The lowest BCUT2D eigenvalue weighted by atomic mass is 9.77. The fraction of sp³-hybridized carbons (Fsp3) is 0.536. The van der Waals surface area contributed by atoms with Crippen molar-refractivity contribution in [2.24, 2.45) is 11.3 Å². The molecule has 1 spiro atoms. The van der Waals surface area contributed by atoms with Crippen LogP contribution in [0, 0.1) is 11.3 Å². The maximum atomic E-state index is 13.3. The van der Waals surface area contributed by atoms with Crippen molar-refractivity contribution >= 4 is 23.4 Å². The molecule has 2 aromatic rings. The molecule has 3 fully saturated rings. The van der Waals surface area contributed by atoms with E-state index >= 15 is 0 Å². The van der Waals surface area contributed by atoms with Crippen molar-refractivity contribution < 1.29 is 9.59 Å². The lowest BCUT2D eigenvalue weighted by Gasteiger charge is -2.38. The molecule has 2 amide bonds. The number of piperidine rings is 1. The predicted molar refractivity (Wildman–Crippen MR) is 137 cm³/mol. The number of carbonyl (C=O) groups excluding carboxylic acids is 2. The summed E-state index contributed by atoms with van der Waals surface area (Å²) in [7, 11) is 0. The number of hydrogen-bond acceptors (Lipinski definition) is 4. The smallest absolute Gasteiger partial charge is 0.229 e. The number of pyridine rings is 1. The van der Waals surface area contributed by atoms with E-state index < -0.39 is 0 Å². The average molecular weight is 495 g/mol. The van der Waals surface area contributed by atoms with Crippen LogP contribution >= 0.6 is 11.6 Å². The molecule has 186 valence electrons. The molecule has 1 aromatic heterocycles. The molecular weight excluding hydrogens is 460 g/mol. The third-order valence-electron chi connectivity index (χ3n) is 8.32. The topological polar surface area (TPSA) is 65.5 Å². The zero-order chi connectivity index (χ0) is 24.3. The Balaban J connectivity index is 1.16. The summed E-state index contributed by atoms with van der Waals surface area (Å²) in [5.74, 6) is 0.615. The Kier molecular flexibility index (Phi) is 7.40. The number of benzene rings is 1. The van der Waals surface area contributed by atoms with Crippen LogP contribution in [0.15, 0.2) is 48.8 Å². The molecule has 0 radical (unpaired) electrons. The summed E-state index contributed by atoms with van der Waals surface area (Å²) in [6, 6.07) is 11.7. The zero-order valence-corrected chi connectivity index (χ0v) is 21.1. The molecule has 7 heteroatoms. The van der Waals surface area contributed by atoms with Crippen LogP contribution in [0.25, 0.3) is 0 Å². The molecule has 5 rings (SSSR count). The van der Waals surface area contributed by atoms with Crippen molar-refractivity contribution in [2.75, 3.05) is 26.2 Å². The highest BCUT2D eigenvalue weighted by atomic mass is 35.5. The molecule has 3 heterocycles. The van der Waals surface area contributed by atoms with E-state index in [9.17, 15) is 9.59 Å². The summed E-state index contributed by atoms with van der Waals surface area (Å²) >= 11 is 6.51. The Morgan fingerprint density at radius 1 is 1.11 bits per heavy atom. The van der Waals surface area contributed by atoms with Gasteiger partial charge in [-0.05, 0) is 74.9 Å². The number of likely N-dealkylation sites (tertiary alicyclic amines) is 2. The number of amides is 2. The number of halogens is 1. The van der Waals surface area contributed by atoms with Crippen LogP contribution in [-0.2, 0) is 16.1 Å². The van der Waals surface area contributed by atoms with Gasteiger partial charge in [-0.25, -0.2) is 0 Å². The van der Waals surface area contributed by atoms with Crippen LogP contribution in [0.5, 0.6) is 0 Å². The largest absolute Gasteiger partial charge is 0.349 e. The lowest BCUT2D eigenvalue weighted by molar-refractivity contribution is -0.139. The number of aromatic nitrogens is 1. The van der Waals surface area contributed by atoms with E-state index in [0.29, 0.717) is 17.5 Å². The summed E-state index contributed by atoms with van der Waals surface area (Å²) in [5, 5.41) is 3.99. The van der Waals surface area contributed by atoms with Gasteiger partial charge in [0, 0.05) is 43.0 Å². The maximum Gasteiger partial charge on any atom is 0.229 e. The molecule has 1 aliphatic carbocycles. The third-order valence-corrected chi connectivity index (χ3v) is 8.66. The van der Waals surface area contributed by atoms with Gasteiger partial charge in [0.25, 0.3) is 0 Å². The number of nitrogens with one attached hydrogen (secondary N) is 1. The fourth-order valence-electron chi connectivity index (χ4n) is 5.76. The van der Waals surface area contributed by atoms with Gasteiger partial charge in [0.2, 0.25) is 11.8 Å². The number of rotatable bonds is 8. The second kappa shape index (κ2) is 10.7. The van der Waals surface area contributed by atoms with Crippen molar-refractivity contribution in [3.05, 3.63) is 64.9 Å². The quantitative estimate of drug-likeness (QED) is 0.582. The second-order valence-electron chi connectivity index (χ2n) is 10.5. The van der Waals surface area contributed by atoms with Gasteiger partial charge in [-0.15, -0.1) is 0 Å². The molecule has 2 aliphatic heterocycles. The van der Waals surface area contributed by atoms with Gasteiger partial charge >= 0.3 is 0 Å². The van der Waals surface area contributed by atoms with Crippen LogP contribution in [0.3, 0.4) is 0 Å². The molecular formula is C28H35ClN4O2. The van der Waals surface area contributed by atoms with E-state index in [-0.39, 0.29) is 23.3 Å². The van der Waals surface area contributed by atoms with E-state index in [2.05, 4.69) is 15.2 Å². The maximum absolute atomic E-state index is 13.3. The SMILES string of the molecule is O=C(NC(CCN1CCC2(CC1)CCN(Cc1cccnc1)C2=O)c1ccccc1Cl)C1CCC1. The lowest BCUT2D eigenvalue weighted by Crippen LogP contribution is -2.45. The van der Waals surface area contributed by atoms with Crippen LogP contribution in [0.1, 0.15) is 62.1 Å². The first-order valence-electron chi connectivity index (χ1n) is 13.0. The fourth-order valence-corrected chi connectivity index (χ4v) is 6.03. The zero-order valence-electron chi connectivity index (χ0n) is 20.3. The highest BCUT2D eigenvalue weighted by molar-refractivity contribution is 6.31. The Hall–Kier alpha value is -2.44. The third kappa shape index (κ3) is 5.39. The molecule has 1 atom stereocenters. The van der Waals surface area contributed by atoms with Gasteiger partial charge in [-0.1, -0.05) is 42.3 Å². The number of hydrogen-bond donors (Lipinski definition) is 1. The summed E-state index contributed by atoms with van der Waals surface area (Å²) in [4.78, 5) is 34.7. The van der Waals surface area contributed by atoms with Gasteiger partial charge in [-0.2, -0.15) is 0 Å². The second-order valence-corrected chi connectivity index (χ2v) is 10.9. The first-order chi connectivity index (χ1) is 17.0. The number of nitrogens with zero attached hydrogens (tertiary/aromatic N) is 3. The highest BCUT2D eigenvalue weighted by Gasteiger charge is 2.47. The molecule has 1 saturated carbocycles. The minimum Gasteiger partial charge on any atom is -0.349 e. The molecule has 0 bridgehead atoms. The van der Waals surface area contributed by atoms with Crippen molar-refractivity contribution in [3.8, 4) is 0 Å². The van der Waals surface area contributed by atoms with Crippen LogP contribution < -0.4 is 5.32 Å². The highest BCUT2D eigenvalue weighted by Crippen LogP contribution is 2.42. The van der Waals surface area contributed by atoms with Gasteiger partial charge in [0.15, 0.2) is 0 Å². The average Bonchev–Trinajstić information content (AvgIpc) is 3.12. The first-order valence-corrected chi connectivity index (χ1v) is 13.4. The van der Waals surface area contributed by atoms with Crippen molar-refractivity contribution in [3.63, 3.8) is 0 Å². The molecule has 1 unspecified atom stereocenters. The Morgan fingerprint density at radius 3 is 2.57 bits per heavy atom. The molecule has 1 N–H and O–H groups in total. The minimum absolute atomic E-state index is 0.0872. The minimum atomic E-state index is -0.209. The van der Waals surface area contributed by atoms with E-state index in [1.807, 2.05) is 47.5 Å². The van der Waals surface area contributed by atoms with Crippen molar-refractivity contribution in [1.82, 2.24) is 20.1 Å². The Bertz CT molecular complexity index is 1030.